The first-order valence-electron chi connectivity index (χ1n) is 11.9. The monoisotopic (exact) mass is 537 g/mol. The quantitative estimate of drug-likeness (QED) is 0.439. The number of rotatable bonds is 12. The zero-order chi connectivity index (χ0) is 27.0. The van der Waals surface area contributed by atoms with E-state index in [4.69, 9.17) is 16.3 Å². The minimum atomic E-state index is -3.90. The number of aryl methyl sites for hydroxylation is 1. The van der Waals surface area contributed by atoms with E-state index < -0.39 is 28.5 Å². The zero-order valence-electron chi connectivity index (χ0n) is 21.7. The number of hydrogen-bond donors (Lipinski definition) is 1. The van der Waals surface area contributed by atoms with Crippen molar-refractivity contribution in [2.45, 2.75) is 59.2 Å². The average Bonchev–Trinajstić information content (AvgIpc) is 2.82. The topological polar surface area (TPSA) is 96.0 Å². The van der Waals surface area contributed by atoms with Crippen LogP contribution in [0.3, 0.4) is 0 Å². The van der Waals surface area contributed by atoms with Gasteiger partial charge in [-0.2, -0.15) is 0 Å². The van der Waals surface area contributed by atoms with Crippen LogP contribution in [0.1, 0.15) is 44.7 Å². The first kappa shape index (κ1) is 29.5. The molecule has 0 radical (unpaired) electrons. The van der Waals surface area contributed by atoms with Crippen molar-refractivity contribution in [2.75, 3.05) is 24.2 Å². The van der Waals surface area contributed by atoms with E-state index in [9.17, 15) is 18.0 Å². The largest absolute Gasteiger partial charge is 0.495 e. The van der Waals surface area contributed by atoms with Gasteiger partial charge >= 0.3 is 0 Å². The third-order valence-electron chi connectivity index (χ3n) is 5.95. The predicted molar refractivity (Wildman–Crippen MR) is 144 cm³/mol. The van der Waals surface area contributed by atoms with E-state index in [1.807, 2.05) is 52.0 Å². The lowest BCUT2D eigenvalue weighted by Crippen LogP contribution is -2.53. The van der Waals surface area contributed by atoms with Gasteiger partial charge in [-0.3, -0.25) is 13.9 Å². The summed E-state index contributed by atoms with van der Waals surface area (Å²) in [5, 5.41) is 3.24. The molecule has 2 aromatic carbocycles. The van der Waals surface area contributed by atoms with Gasteiger partial charge in [0, 0.05) is 17.6 Å². The Morgan fingerprint density at radius 3 is 2.25 bits per heavy atom. The molecule has 0 bridgehead atoms. The van der Waals surface area contributed by atoms with Crippen molar-refractivity contribution in [1.29, 1.82) is 0 Å². The second kappa shape index (κ2) is 13.0. The second-order valence-electron chi connectivity index (χ2n) is 8.83. The van der Waals surface area contributed by atoms with Crippen molar-refractivity contribution < 1.29 is 22.7 Å². The second-order valence-corrected chi connectivity index (χ2v) is 11.2. The molecule has 2 rings (SSSR count). The van der Waals surface area contributed by atoms with Gasteiger partial charge in [-0.1, -0.05) is 55.3 Å². The van der Waals surface area contributed by atoms with Crippen molar-refractivity contribution in [3.8, 4) is 5.75 Å². The Hall–Kier alpha value is -2.78. The van der Waals surface area contributed by atoms with Gasteiger partial charge in [0.2, 0.25) is 21.8 Å². The highest BCUT2D eigenvalue weighted by atomic mass is 35.5. The fourth-order valence-corrected chi connectivity index (χ4v) is 4.71. The van der Waals surface area contributed by atoms with E-state index in [0.717, 1.165) is 28.1 Å². The summed E-state index contributed by atoms with van der Waals surface area (Å²) >= 11 is 6.14. The lowest BCUT2D eigenvalue weighted by Gasteiger charge is -2.33. The summed E-state index contributed by atoms with van der Waals surface area (Å²) in [5.41, 5.74) is 2.04. The highest BCUT2D eigenvalue weighted by Gasteiger charge is 2.33. The first-order valence-corrected chi connectivity index (χ1v) is 14.1. The molecule has 0 aliphatic rings. The number of sulfonamides is 1. The molecule has 0 fully saturated rings. The summed E-state index contributed by atoms with van der Waals surface area (Å²) in [7, 11) is -2.50. The first-order chi connectivity index (χ1) is 16.9. The number of carbonyl (C=O) groups excluding carboxylic acids is 2. The average molecular weight is 538 g/mol. The number of ether oxygens (including phenoxy) is 1. The fraction of sp³-hybridized carbons (Fsp3) is 0.462. The van der Waals surface area contributed by atoms with Crippen LogP contribution in [0.5, 0.6) is 5.75 Å². The molecule has 8 nitrogen and oxygen atoms in total. The minimum Gasteiger partial charge on any atom is -0.495 e. The maximum atomic E-state index is 13.8. The Balaban J connectivity index is 2.50. The number of nitrogens with one attached hydrogen (secondary N) is 1. The van der Waals surface area contributed by atoms with Crippen LogP contribution in [0.2, 0.25) is 5.02 Å². The fourth-order valence-electron chi connectivity index (χ4n) is 3.70. The van der Waals surface area contributed by atoms with Crippen LogP contribution in [-0.4, -0.2) is 57.1 Å². The summed E-state index contributed by atoms with van der Waals surface area (Å²) in [6.07, 6.45) is 2.11. The van der Waals surface area contributed by atoms with Crippen LogP contribution in [0.4, 0.5) is 5.69 Å². The Kier molecular flexibility index (Phi) is 10.6. The Labute approximate surface area is 219 Å². The van der Waals surface area contributed by atoms with E-state index in [1.165, 1.54) is 18.1 Å². The molecule has 0 heterocycles. The number of halogens is 1. The number of hydrogen-bond acceptors (Lipinski definition) is 5. The van der Waals surface area contributed by atoms with Gasteiger partial charge in [-0.05, 0) is 50.5 Å². The number of anilines is 1. The maximum absolute atomic E-state index is 13.8. The summed E-state index contributed by atoms with van der Waals surface area (Å²) in [6, 6.07) is 11.3. The van der Waals surface area contributed by atoms with Crippen molar-refractivity contribution in [2.24, 2.45) is 0 Å². The molecule has 2 amide bonds. The molecular formula is C26H36ClN3O5S. The molecule has 0 aliphatic heterocycles. The molecule has 0 unspecified atom stereocenters. The summed E-state index contributed by atoms with van der Waals surface area (Å²) < 4.78 is 31.9. The van der Waals surface area contributed by atoms with E-state index in [2.05, 4.69) is 5.32 Å². The zero-order valence-corrected chi connectivity index (χ0v) is 23.3. The van der Waals surface area contributed by atoms with Gasteiger partial charge in [0.25, 0.3) is 0 Å². The summed E-state index contributed by atoms with van der Waals surface area (Å²) in [6.45, 7) is 7.27. The predicted octanol–water partition coefficient (Wildman–Crippen LogP) is 4.15. The van der Waals surface area contributed by atoms with E-state index >= 15 is 0 Å². The minimum absolute atomic E-state index is 0.0638. The maximum Gasteiger partial charge on any atom is 0.244 e. The molecule has 198 valence electrons. The van der Waals surface area contributed by atoms with Crippen LogP contribution in [-0.2, 0) is 26.2 Å². The molecule has 0 saturated heterocycles. The lowest BCUT2D eigenvalue weighted by atomic mass is 10.1. The molecule has 1 N–H and O–H groups in total. The lowest BCUT2D eigenvalue weighted by molar-refractivity contribution is -0.140. The van der Waals surface area contributed by atoms with Gasteiger partial charge in [0.15, 0.2) is 0 Å². The molecular weight excluding hydrogens is 502 g/mol. The molecule has 0 aliphatic carbocycles. The van der Waals surface area contributed by atoms with Crippen molar-refractivity contribution in [1.82, 2.24) is 10.2 Å². The Bertz CT molecular complexity index is 1150. The molecule has 10 heteroatoms. The van der Waals surface area contributed by atoms with E-state index in [-0.39, 0.29) is 29.9 Å². The molecule has 2 aromatic rings. The number of nitrogens with zero attached hydrogens (tertiary/aromatic N) is 2. The molecule has 36 heavy (non-hydrogen) atoms. The van der Waals surface area contributed by atoms with Crippen LogP contribution >= 0.6 is 11.6 Å². The third-order valence-corrected chi connectivity index (χ3v) is 7.31. The summed E-state index contributed by atoms with van der Waals surface area (Å²) in [4.78, 5) is 28.4. The van der Waals surface area contributed by atoms with Gasteiger partial charge in [0.1, 0.15) is 18.3 Å². The van der Waals surface area contributed by atoms with Crippen LogP contribution in [0, 0.1) is 6.92 Å². The molecule has 0 saturated carbocycles. The Morgan fingerprint density at radius 1 is 1.08 bits per heavy atom. The summed E-state index contributed by atoms with van der Waals surface area (Å²) in [5.74, 6) is -0.544. The highest BCUT2D eigenvalue weighted by molar-refractivity contribution is 7.92. The van der Waals surface area contributed by atoms with Crippen molar-refractivity contribution >= 4 is 39.1 Å². The van der Waals surface area contributed by atoms with E-state index in [1.54, 1.807) is 12.1 Å². The van der Waals surface area contributed by atoms with Crippen molar-refractivity contribution in [3.63, 3.8) is 0 Å². The highest BCUT2D eigenvalue weighted by Crippen LogP contribution is 2.33. The van der Waals surface area contributed by atoms with Crippen LogP contribution in [0.15, 0.2) is 42.5 Å². The van der Waals surface area contributed by atoms with E-state index in [0.29, 0.717) is 11.4 Å². The van der Waals surface area contributed by atoms with Crippen molar-refractivity contribution in [3.05, 3.63) is 58.6 Å². The molecule has 2 atom stereocenters. The molecule has 0 spiro atoms. The van der Waals surface area contributed by atoms with Gasteiger partial charge < -0.3 is 15.0 Å². The normalized spacial score (nSPS) is 13.0. The van der Waals surface area contributed by atoms with Gasteiger partial charge in [-0.25, -0.2) is 8.42 Å². The van der Waals surface area contributed by atoms with Crippen LogP contribution in [0.25, 0.3) is 0 Å². The van der Waals surface area contributed by atoms with Crippen LogP contribution < -0.4 is 14.4 Å². The Morgan fingerprint density at radius 2 is 1.72 bits per heavy atom. The number of benzene rings is 2. The van der Waals surface area contributed by atoms with Gasteiger partial charge in [-0.15, -0.1) is 0 Å². The van der Waals surface area contributed by atoms with Gasteiger partial charge in [0.05, 0.1) is 19.1 Å². The SMILES string of the molecule is CC[C@@H](C)NC(=O)[C@H](CC)N(Cc1ccc(C)cc1)C(=O)CN(c1cc(Cl)ccc1OC)S(C)(=O)=O. The smallest absolute Gasteiger partial charge is 0.244 e. The standard InChI is InChI=1S/C26H36ClN3O5S/c1-7-19(4)28-26(32)22(8-2)29(16-20-11-9-18(3)10-12-20)25(31)17-30(36(6,33)34)23-15-21(27)13-14-24(23)35-5/h9-15,19,22H,7-8,16-17H2,1-6H3,(H,28,32)/t19-,22+/m1/s1. The molecule has 0 aromatic heterocycles. The third kappa shape index (κ3) is 7.86. The number of methoxy groups -OCH3 is 1. The number of carbonyl (C=O) groups is 2. The number of amides is 2.